The Bertz CT molecular complexity index is 668. The number of rotatable bonds is 4. The maximum atomic E-state index is 12.1. The molecular weight excluding hydrogens is 354 g/mol. The third-order valence-electron chi connectivity index (χ3n) is 4.48. The summed E-state index contributed by atoms with van der Waals surface area (Å²) in [5.41, 5.74) is 4.90. The maximum Gasteiger partial charge on any atom is 0.351 e. The van der Waals surface area contributed by atoms with Crippen LogP contribution in [0.4, 0.5) is 5.82 Å². The van der Waals surface area contributed by atoms with Gasteiger partial charge in [-0.15, -0.1) is 0 Å². The molecule has 0 bridgehead atoms. The van der Waals surface area contributed by atoms with Gasteiger partial charge in [-0.2, -0.15) is 4.98 Å². The fourth-order valence-electron chi connectivity index (χ4n) is 3.75. The molecule has 9 heteroatoms. The third kappa shape index (κ3) is 4.34. The molecule has 0 radical (unpaired) electrons. The maximum absolute atomic E-state index is 12.1. The molecule has 0 saturated carbocycles. The summed E-state index contributed by atoms with van der Waals surface area (Å²) in [6, 6.07) is 1.46. The van der Waals surface area contributed by atoms with Crippen LogP contribution in [-0.2, 0) is 9.16 Å². The van der Waals surface area contributed by atoms with Gasteiger partial charge in [-0.25, -0.2) is 4.79 Å². The molecule has 1 aliphatic rings. The van der Waals surface area contributed by atoms with E-state index in [-0.39, 0.29) is 22.5 Å². The minimum atomic E-state index is -1.87. The van der Waals surface area contributed by atoms with Crippen molar-refractivity contribution >= 4 is 14.9 Å². The molecule has 4 N–H and O–H groups in total. The van der Waals surface area contributed by atoms with Crippen LogP contribution in [0.2, 0.25) is 10.1 Å². The molecule has 8 nitrogen and oxygen atoms in total. The van der Waals surface area contributed by atoms with E-state index in [1.54, 1.807) is 0 Å². The second-order valence-corrected chi connectivity index (χ2v) is 13.5. The predicted molar refractivity (Wildman–Crippen MR) is 101 cm³/mol. The Morgan fingerprint density at radius 1 is 1.31 bits per heavy atom. The molecule has 1 fully saturated rings. The quantitative estimate of drug-likeness (QED) is 0.655. The van der Waals surface area contributed by atoms with Crippen molar-refractivity contribution in [3.8, 4) is 0 Å². The largest absolute Gasteiger partial charge is 0.411 e. The van der Waals surface area contributed by atoms with Crippen molar-refractivity contribution in [2.24, 2.45) is 0 Å². The zero-order chi connectivity index (χ0) is 19.9. The van der Waals surface area contributed by atoms with Gasteiger partial charge in [0.15, 0.2) is 15.3 Å². The van der Waals surface area contributed by atoms with Gasteiger partial charge in [0.05, 0.1) is 6.61 Å². The zero-order valence-corrected chi connectivity index (χ0v) is 17.5. The summed E-state index contributed by atoms with van der Waals surface area (Å²) in [6.07, 6.45) is -2.09. The SMILES string of the molecule is CC(C)(C)[SiH](OC1C(O)[C@H](n2ccc(N)nc2=O)O[C@@H]1CO)C(C)(C)C. The smallest absolute Gasteiger partial charge is 0.351 e. The minimum Gasteiger partial charge on any atom is -0.411 e. The number of aliphatic hydroxyl groups excluding tert-OH is 2. The number of nitrogens with two attached hydrogens (primary N) is 1. The van der Waals surface area contributed by atoms with E-state index in [0.29, 0.717) is 0 Å². The number of aliphatic hydroxyl groups is 2. The van der Waals surface area contributed by atoms with Crippen molar-refractivity contribution in [3.05, 3.63) is 22.7 Å². The minimum absolute atomic E-state index is 0.0599. The average molecular weight is 386 g/mol. The highest BCUT2D eigenvalue weighted by Crippen LogP contribution is 2.44. The van der Waals surface area contributed by atoms with Crippen molar-refractivity contribution in [3.63, 3.8) is 0 Å². The Labute approximate surface area is 155 Å². The monoisotopic (exact) mass is 385 g/mol. The molecule has 0 aromatic carbocycles. The molecule has 26 heavy (non-hydrogen) atoms. The van der Waals surface area contributed by atoms with E-state index in [1.807, 2.05) is 0 Å². The molecule has 0 amide bonds. The van der Waals surface area contributed by atoms with Crippen LogP contribution >= 0.6 is 0 Å². The molecule has 1 aliphatic heterocycles. The number of nitrogens with zero attached hydrogens (tertiary/aromatic N) is 2. The van der Waals surface area contributed by atoms with Gasteiger partial charge in [0.25, 0.3) is 0 Å². The van der Waals surface area contributed by atoms with Crippen molar-refractivity contribution in [1.82, 2.24) is 9.55 Å². The Hall–Kier alpha value is -1.26. The van der Waals surface area contributed by atoms with Gasteiger partial charge in [-0.1, -0.05) is 41.5 Å². The first-order chi connectivity index (χ1) is 11.9. The molecule has 2 unspecified atom stereocenters. The second kappa shape index (κ2) is 7.39. The number of hydrogen-bond acceptors (Lipinski definition) is 7. The lowest BCUT2D eigenvalue weighted by Crippen LogP contribution is -2.47. The Morgan fingerprint density at radius 3 is 2.35 bits per heavy atom. The van der Waals surface area contributed by atoms with E-state index in [9.17, 15) is 15.0 Å². The Balaban J connectivity index is 2.32. The van der Waals surface area contributed by atoms with Crippen LogP contribution in [-0.4, -0.2) is 53.7 Å². The topological polar surface area (TPSA) is 120 Å². The number of anilines is 1. The van der Waals surface area contributed by atoms with E-state index in [1.165, 1.54) is 16.8 Å². The first-order valence-corrected chi connectivity index (χ1v) is 10.4. The summed E-state index contributed by atoms with van der Waals surface area (Å²) in [6.45, 7) is 12.4. The molecular formula is C17H31N3O5Si. The Kier molecular flexibility index (Phi) is 5.98. The van der Waals surface area contributed by atoms with Crippen LogP contribution in [0, 0.1) is 0 Å². The fraction of sp³-hybridized carbons (Fsp3) is 0.765. The predicted octanol–water partition coefficient (Wildman–Crippen LogP) is 0.785. The van der Waals surface area contributed by atoms with Crippen LogP contribution in [0.5, 0.6) is 0 Å². The molecule has 0 spiro atoms. The van der Waals surface area contributed by atoms with Crippen molar-refractivity contribution < 1.29 is 19.4 Å². The Morgan fingerprint density at radius 2 is 1.88 bits per heavy atom. The normalized spacial score (nSPS) is 27.3. The van der Waals surface area contributed by atoms with Gasteiger partial charge >= 0.3 is 5.69 Å². The number of hydrogen-bond donors (Lipinski definition) is 3. The number of ether oxygens (including phenoxy) is 1. The van der Waals surface area contributed by atoms with Gasteiger partial charge in [0.1, 0.15) is 24.1 Å². The highest BCUT2D eigenvalue weighted by molar-refractivity contribution is 6.58. The molecule has 1 aromatic heterocycles. The van der Waals surface area contributed by atoms with Crippen molar-refractivity contribution in [2.75, 3.05) is 12.3 Å². The van der Waals surface area contributed by atoms with Crippen LogP contribution in [0.1, 0.15) is 47.8 Å². The van der Waals surface area contributed by atoms with E-state index in [0.717, 1.165) is 0 Å². The standard InChI is InChI=1S/C17H31N3O5Si/c1-16(2,3)26(17(4,5)6)25-13-10(9-21)24-14(12(13)22)20-8-7-11(18)19-15(20)23/h7-8,10,12-14,21-22,26H,9H2,1-6H3,(H2,18,19,23)/t10-,12?,13?,14-/m1/s1. The second-order valence-electron chi connectivity index (χ2n) is 8.99. The van der Waals surface area contributed by atoms with Gasteiger partial charge in [-0.05, 0) is 16.1 Å². The first kappa shape index (κ1) is 21.0. The van der Waals surface area contributed by atoms with Gasteiger partial charge in [0, 0.05) is 6.20 Å². The lowest BCUT2D eigenvalue weighted by Gasteiger charge is -2.41. The molecule has 148 valence electrons. The summed E-state index contributed by atoms with van der Waals surface area (Å²) >= 11 is 0. The van der Waals surface area contributed by atoms with Crippen molar-refractivity contribution in [1.29, 1.82) is 0 Å². The van der Waals surface area contributed by atoms with E-state index in [2.05, 4.69) is 46.5 Å². The van der Waals surface area contributed by atoms with Gasteiger partial charge in [-0.3, -0.25) is 4.57 Å². The van der Waals surface area contributed by atoms with Gasteiger partial charge < -0.3 is 25.1 Å². The summed E-state index contributed by atoms with van der Waals surface area (Å²) < 4.78 is 13.3. The lowest BCUT2D eigenvalue weighted by molar-refractivity contribution is -0.0545. The molecule has 2 rings (SSSR count). The highest BCUT2D eigenvalue weighted by Gasteiger charge is 2.49. The lowest BCUT2D eigenvalue weighted by atomic mass is 10.1. The third-order valence-corrected chi connectivity index (χ3v) is 8.21. The fourth-order valence-corrected chi connectivity index (χ4v) is 7.81. The van der Waals surface area contributed by atoms with Crippen molar-refractivity contribution in [2.45, 2.75) is 76.2 Å². The van der Waals surface area contributed by atoms with E-state index >= 15 is 0 Å². The first-order valence-electron chi connectivity index (χ1n) is 8.80. The molecule has 1 aromatic rings. The van der Waals surface area contributed by atoms with E-state index < -0.39 is 39.3 Å². The van der Waals surface area contributed by atoms with Gasteiger partial charge in [0.2, 0.25) is 0 Å². The average Bonchev–Trinajstić information content (AvgIpc) is 2.78. The number of nitrogen functional groups attached to an aromatic ring is 1. The zero-order valence-electron chi connectivity index (χ0n) is 16.3. The highest BCUT2D eigenvalue weighted by atomic mass is 28.3. The molecule has 4 atom stereocenters. The molecule has 2 heterocycles. The summed E-state index contributed by atoms with van der Waals surface area (Å²) in [7, 11) is -1.87. The van der Waals surface area contributed by atoms with Crippen LogP contribution < -0.4 is 11.4 Å². The summed E-state index contributed by atoms with van der Waals surface area (Å²) in [5.74, 6) is 0.0955. The van der Waals surface area contributed by atoms with Crippen LogP contribution in [0.15, 0.2) is 17.1 Å². The van der Waals surface area contributed by atoms with E-state index in [4.69, 9.17) is 14.9 Å². The summed E-state index contributed by atoms with van der Waals surface area (Å²) in [4.78, 5) is 15.8. The summed E-state index contributed by atoms with van der Waals surface area (Å²) in [5, 5.41) is 20.4. The number of aromatic nitrogens is 2. The molecule has 1 saturated heterocycles. The van der Waals surface area contributed by atoms with Crippen LogP contribution in [0.25, 0.3) is 0 Å². The van der Waals surface area contributed by atoms with Crippen LogP contribution in [0.3, 0.4) is 0 Å². The molecule has 0 aliphatic carbocycles.